The minimum atomic E-state index is 1.05. The summed E-state index contributed by atoms with van der Waals surface area (Å²) in [7, 11) is 4.13. The summed E-state index contributed by atoms with van der Waals surface area (Å²) < 4.78 is 1.22. The normalized spacial score (nSPS) is 11.3. The van der Waals surface area contributed by atoms with E-state index < -0.39 is 0 Å². The van der Waals surface area contributed by atoms with Gasteiger partial charge in [-0.25, -0.2) is 4.98 Å². The fourth-order valence-electron chi connectivity index (χ4n) is 3.77. The monoisotopic (exact) mass is 432 g/mol. The molecular formula is C29H24N2S. The number of nitrogens with zero attached hydrogens (tertiary/aromatic N) is 2. The molecule has 0 saturated heterocycles. The van der Waals surface area contributed by atoms with E-state index in [1.807, 2.05) is 12.1 Å². The Kier molecular flexibility index (Phi) is 5.57. The van der Waals surface area contributed by atoms with Gasteiger partial charge in [-0.15, -0.1) is 11.3 Å². The van der Waals surface area contributed by atoms with E-state index in [9.17, 15) is 0 Å². The fraction of sp³-hybridized carbons (Fsp3) is 0.0690. The van der Waals surface area contributed by atoms with Gasteiger partial charge in [0.05, 0.1) is 10.2 Å². The second kappa shape index (κ2) is 8.81. The summed E-state index contributed by atoms with van der Waals surface area (Å²) in [5, 5.41) is 1.05. The average Bonchev–Trinajstić information content (AvgIpc) is 3.28. The van der Waals surface area contributed by atoms with Gasteiger partial charge in [0.25, 0.3) is 0 Å². The predicted octanol–water partition coefficient (Wildman–Crippen LogP) is 7.87. The van der Waals surface area contributed by atoms with E-state index in [0.29, 0.717) is 0 Å². The molecule has 0 aliphatic carbocycles. The molecule has 0 N–H and O–H groups in total. The van der Waals surface area contributed by atoms with Crippen LogP contribution in [-0.4, -0.2) is 19.1 Å². The molecule has 0 spiro atoms. The SMILES string of the molecule is CN(C)c1ccc(-c2cc(-c3nc4ccccc4s3)ccc2/C=C/c2ccccc2)cc1. The summed E-state index contributed by atoms with van der Waals surface area (Å²) in [6.07, 6.45) is 4.37. The van der Waals surface area contributed by atoms with E-state index in [1.165, 1.54) is 32.6 Å². The molecule has 32 heavy (non-hydrogen) atoms. The van der Waals surface area contributed by atoms with Crippen molar-refractivity contribution in [2.45, 2.75) is 0 Å². The molecule has 0 unspecified atom stereocenters. The summed E-state index contributed by atoms with van der Waals surface area (Å²) in [5.41, 5.74) is 8.18. The van der Waals surface area contributed by atoms with Gasteiger partial charge in [-0.1, -0.05) is 78.9 Å². The molecule has 3 heteroatoms. The van der Waals surface area contributed by atoms with Gasteiger partial charge in [0.1, 0.15) is 5.01 Å². The highest BCUT2D eigenvalue weighted by Gasteiger charge is 2.10. The lowest BCUT2D eigenvalue weighted by Crippen LogP contribution is -2.07. The quantitative estimate of drug-likeness (QED) is 0.263. The zero-order valence-electron chi connectivity index (χ0n) is 18.2. The van der Waals surface area contributed by atoms with Crippen molar-refractivity contribution in [3.05, 3.63) is 108 Å². The van der Waals surface area contributed by atoms with Gasteiger partial charge in [-0.05, 0) is 52.6 Å². The maximum absolute atomic E-state index is 4.87. The fourth-order valence-corrected chi connectivity index (χ4v) is 4.73. The highest BCUT2D eigenvalue weighted by molar-refractivity contribution is 7.21. The van der Waals surface area contributed by atoms with Crippen molar-refractivity contribution in [3.63, 3.8) is 0 Å². The number of hydrogen-bond acceptors (Lipinski definition) is 3. The molecule has 0 aliphatic rings. The van der Waals surface area contributed by atoms with Crippen LogP contribution in [0.4, 0.5) is 5.69 Å². The van der Waals surface area contributed by atoms with Crippen LogP contribution in [0.5, 0.6) is 0 Å². The highest BCUT2D eigenvalue weighted by atomic mass is 32.1. The molecule has 0 atom stereocenters. The molecule has 0 radical (unpaired) electrons. The van der Waals surface area contributed by atoms with Crippen molar-refractivity contribution < 1.29 is 0 Å². The van der Waals surface area contributed by atoms with Gasteiger partial charge < -0.3 is 4.90 Å². The second-order valence-electron chi connectivity index (χ2n) is 7.97. The van der Waals surface area contributed by atoms with Crippen LogP contribution < -0.4 is 4.90 Å². The van der Waals surface area contributed by atoms with Crippen LogP contribution in [-0.2, 0) is 0 Å². The van der Waals surface area contributed by atoms with E-state index in [1.54, 1.807) is 11.3 Å². The highest BCUT2D eigenvalue weighted by Crippen LogP contribution is 2.35. The first-order chi connectivity index (χ1) is 15.7. The molecule has 1 heterocycles. The molecule has 5 rings (SSSR count). The molecule has 0 fully saturated rings. The van der Waals surface area contributed by atoms with E-state index >= 15 is 0 Å². The molecule has 2 nitrogen and oxygen atoms in total. The van der Waals surface area contributed by atoms with Gasteiger partial charge >= 0.3 is 0 Å². The Balaban J connectivity index is 1.60. The van der Waals surface area contributed by atoms with Gasteiger partial charge in [-0.3, -0.25) is 0 Å². The van der Waals surface area contributed by atoms with Gasteiger partial charge in [0, 0.05) is 25.3 Å². The van der Waals surface area contributed by atoms with Crippen LogP contribution in [0.2, 0.25) is 0 Å². The van der Waals surface area contributed by atoms with Crippen molar-refractivity contribution >= 4 is 39.4 Å². The molecule has 0 amide bonds. The van der Waals surface area contributed by atoms with Crippen molar-refractivity contribution in [2.24, 2.45) is 0 Å². The third-order valence-corrected chi connectivity index (χ3v) is 6.63. The lowest BCUT2D eigenvalue weighted by Gasteiger charge is -2.14. The van der Waals surface area contributed by atoms with Gasteiger partial charge in [-0.2, -0.15) is 0 Å². The van der Waals surface area contributed by atoms with E-state index in [2.05, 4.69) is 116 Å². The minimum absolute atomic E-state index is 1.05. The number of aromatic nitrogens is 1. The summed E-state index contributed by atoms with van der Waals surface area (Å²) in [4.78, 5) is 6.99. The Hall–Kier alpha value is -3.69. The molecule has 0 saturated carbocycles. The van der Waals surface area contributed by atoms with Gasteiger partial charge in [0.15, 0.2) is 0 Å². The summed E-state index contributed by atoms with van der Waals surface area (Å²) >= 11 is 1.74. The summed E-state index contributed by atoms with van der Waals surface area (Å²) in [6, 6.07) is 34.1. The largest absolute Gasteiger partial charge is 0.378 e. The average molecular weight is 433 g/mol. The van der Waals surface area contributed by atoms with Gasteiger partial charge in [0.2, 0.25) is 0 Å². The number of thiazole rings is 1. The third kappa shape index (κ3) is 4.20. The molecule has 0 aliphatic heterocycles. The Morgan fingerprint density at radius 1 is 0.719 bits per heavy atom. The van der Waals surface area contributed by atoms with Crippen molar-refractivity contribution in [1.82, 2.24) is 4.98 Å². The lowest BCUT2D eigenvalue weighted by atomic mass is 9.96. The smallest absolute Gasteiger partial charge is 0.124 e. The Morgan fingerprint density at radius 2 is 1.44 bits per heavy atom. The maximum atomic E-state index is 4.87. The lowest BCUT2D eigenvalue weighted by molar-refractivity contribution is 1.13. The first-order valence-corrected chi connectivity index (χ1v) is 11.5. The zero-order chi connectivity index (χ0) is 21.9. The molecule has 156 valence electrons. The number of para-hydroxylation sites is 1. The third-order valence-electron chi connectivity index (χ3n) is 5.54. The standard InChI is InChI=1S/C29H24N2S/c1-31(2)25-18-16-23(17-19-25)26-20-24(29-30-27-10-6-7-11-28(27)32-29)15-14-22(26)13-12-21-8-4-3-5-9-21/h3-20H,1-2H3/b13-12+. The summed E-state index contributed by atoms with van der Waals surface area (Å²) in [5.74, 6) is 0. The van der Waals surface area contributed by atoms with Crippen LogP contribution in [0, 0.1) is 0 Å². The topological polar surface area (TPSA) is 16.1 Å². The first kappa shape index (κ1) is 20.2. The van der Waals surface area contributed by atoms with Crippen LogP contribution in [0.1, 0.15) is 11.1 Å². The van der Waals surface area contributed by atoms with E-state index in [4.69, 9.17) is 4.98 Å². The molecule has 4 aromatic carbocycles. The van der Waals surface area contributed by atoms with Crippen molar-refractivity contribution in [2.75, 3.05) is 19.0 Å². The van der Waals surface area contributed by atoms with E-state index in [0.717, 1.165) is 16.1 Å². The summed E-state index contributed by atoms with van der Waals surface area (Å²) in [6.45, 7) is 0. The minimum Gasteiger partial charge on any atom is -0.378 e. The zero-order valence-corrected chi connectivity index (χ0v) is 19.0. The molecular weight excluding hydrogens is 408 g/mol. The Morgan fingerprint density at radius 3 is 2.19 bits per heavy atom. The number of benzene rings is 4. The second-order valence-corrected chi connectivity index (χ2v) is 9.00. The molecule has 5 aromatic rings. The number of anilines is 1. The van der Waals surface area contributed by atoms with E-state index in [-0.39, 0.29) is 0 Å². The maximum Gasteiger partial charge on any atom is 0.124 e. The Labute approximate surface area is 193 Å². The molecule has 1 aromatic heterocycles. The predicted molar refractivity (Wildman–Crippen MR) is 140 cm³/mol. The number of rotatable bonds is 5. The van der Waals surface area contributed by atoms with Crippen molar-refractivity contribution in [1.29, 1.82) is 0 Å². The van der Waals surface area contributed by atoms with Crippen LogP contribution in [0.25, 0.3) is 44.1 Å². The number of fused-ring (bicyclic) bond motifs is 1. The molecule has 0 bridgehead atoms. The first-order valence-electron chi connectivity index (χ1n) is 10.7. The number of hydrogen-bond donors (Lipinski definition) is 0. The van der Waals surface area contributed by atoms with Crippen molar-refractivity contribution in [3.8, 4) is 21.7 Å². The Bertz CT molecular complexity index is 1350. The van der Waals surface area contributed by atoms with Crippen LogP contribution in [0.15, 0.2) is 97.1 Å². The van der Waals surface area contributed by atoms with Crippen LogP contribution in [0.3, 0.4) is 0 Å². The van der Waals surface area contributed by atoms with Crippen LogP contribution >= 0.6 is 11.3 Å².